The molecule has 0 saturated carbocycles. The molecule has 0 fully saturated rings. The molecule has 1 aromatic rings. The maximum absolute atomic E-state index is 11.5. The number of esters is 1. The molecule has 0 aliphatic rings. The Morgan fingerprint density at radius 2 is 1.67 bits per heavy atom. The van der Waals surface area contributed by atoms with Crippen LogP contribution in [0.1, 0.15) is 5.56 Å². The van der Waals surface area contributed by atoms with Crippen LogP contribution in [-0.4, -0.2) is 34.4 Å². The molecule has 0 heterocycles. The Labute approximate surface area is 121 Å². The topological polar surface area (TPSA) is 103 Å². The van der Waals surface area contributed by atoms with Crippen LogP contribution in [0.2, 0.25) is 0 Å². The summed E-state index contributed by atoms with van der Waals surface area (Å²) in [4.78, 5) is 14.1. The van der Waals surface area contributed by atoms with Crippen molar-refractivity contribution in [1.29, 1.82) is 0 Å². The van der Waals surface area contributed by atoms with Crippen molar-refractivity contribution in [2.24, 2.45) is 5.11 Å². The zero-order chi connectivity index (χ0) is 15.8. The van der Waals surface area contributed by atoms with E-state index in [0.29, 0.717) is 22.8 Å². The van der Waals surface area contributed by atoms with E-state index in [4.69, 9.17) is 19.7 Å². The van der Waals surface area contributed by atoms with Gasteiger partial charge in [-0.2, -0.15) is 0 Å². The molecule has 0 spiro atoms. The summed E-state index contributed by atoms with van der Waals surface area (Å²) in [5.74, 6) is 0.566. The van der Waals surface area contributed by atoms with Crippen LogP contribution in [0.3, 0.4) is 0 Å². The Kier molecular flexibility index (Phi) is 5.91. The molecule has 0 aromatic heterocycles. The minimum absolute atomic E-state index is 0.203. The molecule has 0 saturated heterocycles. The maximum atomic E-state index is 11.5. The van der Waals surface area contributed by atoms with Crippen LogP contribution in [0.15, 0.2) is 22.9 Å². The summed E-state index contributed by atoms with van der Waals surface area (Å²) in [5.41, 5.74) is 8.77. The molecule has 1 rings (SSSR count). The second-order valence-electron chi connectivity index (χ2n) is 3.66. The zero-order valence-corrected chi connectivity index (χ0v) is 12.1. The standard InChI is InChI=1S/C13H15N3O5/c1-18-10-7-12(20-3)11(19-2)6-8(10)5-9(15-16-14)13(17)21-4/h5-7H,1-4H3/b9-5-. The van der Waals surface area contributed by atoms with Gasteiger partial charge in [0.2, 0.25) is 0 Å². The average Bonchev–Trinajstić information content (AvgIpc) is 2.52. The lowest BCUT2D eigenvalue weighted by atomic mass is 10.1. The number of azide groups is 1. The van der Waals surface area contributed by atoms with Gasteiger partial charge in [0, 0.05) is 16.5 Å². The van der Waals surface area contributed by atoms with Crippen molar-refractivity contribution in [3.63, 3.8) is 0 Å². The molecular formula is C13H15N3O5. The van der Waals surface area contributed by atoms with Gasteiger partial charge in [0.25, 0.3) is 0 Å². The SMILES string of the molecule is COC(=O)/C(=C/c1cc(OC)c(OC)cc1OC)N=[N+]=[N-]. The Morgan fingerprint density at radius 1 is 1.10 bits per heavy atom. The molecule has 0 atom stereocenters. The third-order valence-electron chi connectivity index (χ3n) is 2.58. The second-order valence-corrected chi connectivity index (χ2v) is 3.66. The molecule has 0 bridgehead atoms. The minimum atomic E-state index is -0.760. The number of ether oxygens (including phenoxy) is 4. The molecule has 8 heteroatoms. The predicted octanol–water partition coefficient (Wildman–Crippen LogP) is 2.54. The lowest BCUT2D eigenvalue weighted by Crippen LogP contribution is -2.02. The highest BCUT2D eigenvalue weighted by Gasteiger charge is 2.13. The van der Waals surface area contributed by atoms with Gasteiger partial charge in [-0.25, -0.2) is 4.79 Å². The van der Waals surface area contributed by atoms with Crippen LogP contribution in [0.4, 0.5) is 0 Å². The van der Waals surface area contributed by atoms with Crippen LogP contribution in [-0.2, 0) is 9.53 Å². The first kappa shape index (κ1) is 16.2. The number of nitrogens with zero attached hydrogens (tertiary/aromatic N) is 3. The van der Waals surface area contributed by atoms with Crippen molar-refractivity contribution in [3.05, 3.63) is 33.8 Å². The van der Waals surface area contributed by atoms with Gasteiger partial charge in [-0.1, -0.05) is 5.11 Å². The highest BCUT2D eigenvalue weighted by atomic mass is 16.5. The maximum Gasteiger partial charge on any atom is 0.340 e. The average molecular weight is 293 g/mol. The molecule has 0 amide bonds. The van der Waals surface area contributed by atoms with Crippen LogP contribution in [0, 0.1) is 0 Å². The number of methoxy groups -OCH3 is 4. The summed E-state index contributed by atoms with van der Waals surface area (Å²) in [7, 11) is 5.62. The number of hydrogen-bond acceptors (Lipinski definition) is 6. The summed E-state index contributed by atoms with van der Waals surface area (Å²) in [5, 5.41) is 3.30. The van der Waals surface area contributed by atoms with Crippen LogP contribution in [0.5, 0.6) is 17.2 Å². The smallest absolute Gasteiger partial charge is 0.340 e. The van der Waals surface area contributed by atoms with Gasteiger partial charge in [-0.05, 0) is 17.7 Å². The van der Waals surface area contributed by atoms with E-state index in [0.717, 1.165) is 0 Å². The summed E-state index contributed by atoms with van der Waals surface area (Å²) in [6, 6.07) is 3.18. The quantitative estimate of drug-likeness (QED) is 0.263. The molecule has 0 radical (unpaired) electrons. The molecule has 0 aliphatic heterocycles. The van der Waals surface area contributed by atoms with E-state index in [9.17, 15) is 4.79 Å². The summed E-state index contributed by atoms with van der Waals surface area (Å²) in [6.45, 7) is 0. The second kappa shape index (κ2) is 7.66. The molecule has 0 unspecified atom stereocenters. The van der Waals surface area contributed by atoms with Gasteiger partial charge in [-0.3, -0.25) is 0 Å². The number of hydrogen-bond donors (Lipinski definition) is 0. The molecule has 8 nitrogen and oxygen atoms in total. The first-order valence-corrected chi connectivity index (χ1v) is 5.76. The van der Waals surface area contributed by atoms with E-state index in [1.54, 1.807) is 12.1 Å². The monoisotopic (exact) mass is 293 g/mol. The predicted molar refractivity (Wildman–Crippen MR) is 75.2 cm³/mol. The Hall–Kier alpha value is -2.86. The molecular weight excluding hydrogens is 278 g/mol. The van der Waals surface area contributed by atoms with Gasteiger partial charge in [0.15, 0.2) is 11.5 Å². The number of rotatable bonds is 6. The Balaban J connectivity index is 3.45. The minimum Gasteiger partial charge on any atom is -0.496 e. The van der Waals surface area contributed by atoms with Crippen molar-refractivity contribution in [2.75, 3.05) is 28.4 Å². The normalized spacial score (nSPS) is 10.4. The van der Waals surface area contributed by atoms with Gasteiger partial charge < -0.3 is 18.9 Å². The molecule has 0 aliphatic carbocycles. The van der Waals surface area contributed by atoms with E-state index in [-0.39, 0.29) is 5.70 Å². The highest BCUT2D eigenvalue weighted by Crippen LogP contribution is 2.35. The first-order valence-electron chi connectivity index (χ1n) is 5.76. The fourth-order valence-electron chi connectivity index (χ4n) is 1.59. The lowest BCUT2D eigenvalue weighted by molar-refractivity contribution is -0.136. The molecule has 1 aromatic carbocycles. The van der Waals surface area contributed by atoms with E-state index in [1.165, 1.54) is 34.5 Å². The van der Waals surface area contributed by atoms with Crippen LogP contribution >= 0.6 is 0 Å². The van der Waals surface area contributed by atoms with Crippen molar-refractivity contribution in [2.45, 2.75) is 0 Å². The molecule has 112 valence electrons. The third kappa shape index (κ3) is 3.80. The van der Waals surface area contributed by atoms with E-state index >= 15 is 0 Å². The van der Waals surface area contributed by atoms with Gasteiger partial charge in [0.1, 0.15) is 11.4 Å². The van der Waals surface area contributed by atoms with Crippen LogP contribution in [0.25, 0.3) is 16.5 Å². The molecule has 21 heavy (non-hydrogen) atoms. The van der Waals surface area contributed by atoms with E-state index < -0.39 is 5.97 Å². The third-order valence-corrected chi connectivity index (χ3v) is 2.58. The van der Waals surface area contributed by atoms with Gasteiger partial charge >= 0.3 is 5.97 Å². The van der Waals surface area contributed by atoms with Crippen molar-refractivity contribution >= 4 is 12.0 Å². The Morgan fingerprint density at radius 3 is 2.14 bits per heavy atom. The summed E-state index contributed by atoms with van der Waals surface area (Å²) >= 11 is 0. The highest BCUT2D eigenvalue weighted by molar-refractivity contribution is 5.93. The summed E-state index contributed by atoms with van der Waals surface area (Å²) < 4.78 is 20.1. The van der Waals surface area contributed by atoms with Crippen molar-refractivity contribution in [3.8, 4) is 17.2 Å². The first-order chi connectivity index (χ1) is 10.1. The number of carbonyl (C=O) groups is 1. The van der Waals surface area contributed by atoms with E-state index in [1.807, 2.05) is 0 Å². The van der Waals surface area contributed by atoms with Crippen molar-refractivity contribution in [1.82, 2.24) is 0 Å². The number of carbonyl (C=O) groups excluding carboxylic acids is 1. The lowest BCUT2D eigenvalue weighted by Gasteiger charge is -2.12. The van der Waals surface area contributed by atoms with Gasteiger partial charge in [-0.15, -0.1) is 0 Å². The van der Waals surface area contributed by atoms with Gasteiger partial charge in [0.05, 0.1) is 28.4 Å². The fraction of sp³-hybridized carbons (Fsp3) is 0.308. The largest absolute Gasteiger partial charge is 0.496 e. The fourth-order valence-corrected chi connectivity index (χ4v) is 1.59. The Bertz CT molecular complexity index is 606. The molecule has 0 N–H and O–H groups in total. The summed E-state index contributed by atoms with van der Waals surface area (Å²) in [6.07, 6.45) is 1.34. The van der Waals surface area contributed by atoms with Crippen molar-refractivity contribution < 1.29 is 23.7 Å². The van der Waals surface area contributed by atoms with E-state index in [2.05, 4.69) is 14.8 Å². The zero-order valence-electron chi connectivity index (χ0n) is 12.1. The van der Waals surface area contributed by atoms with Crippen LogP contribution < -0.4 is 14.2 Å². The number of benzene rings is 1.